The van der Waals surface area contributed by atoms with E-state index in [-0.39, 0.29) is 30.0 Å². The summed E-state index contributed by atoms with van der Waals surface area (Å²) in [5.74, 6) is 0.214. The summed E-state index contributed by atoms with van der Waals surface area (Å²) in [6.07, 6.45) is 18.0. The van der Waals surface area contributed by atoms with Crippen LogP contribution < -0.4 is 0 Å². The maximum atomic E-state index is 13.9. The highest BCUT2D eigenvalue weighted by molar-refractivity contribution is 5.83. The molecule has 3 aliphatic heterocycles. The molecule has 5 bridgehead atoms. The summed E-state index contributed by atoms with van der Waals surface area (Å²) in [7, 11) is 0. The molecule has 3 heteroatoms. The van der Waals surface area contributed by atoms with Crippen LogP contribution in [-0.2, 0) is 14.3 Å². The third kappa shape index (κ3) is 3.62. The van der Waals surface area contributed by atoms with Crippen molar-refractivity contribution in [3.05, 3.63) is 58.7 Å². The van der Waals surface area contributed by atoms with Crippen LogP contribution in [0.2, 0.25) is 0 Å². The lowest BCUT2D eigenvalue weighted by molar-refractivity contribution is -0.155. The second-order valence-corrected chi connectivity index (χ2v) is 11.5. The fourth-order valence-corrected chi connectivity index (χ4v) is 7.51. The van der Waals surface area contributed by atoms with E-state index in [0.717, 1.165) is 63.4 Å². The molecular weight excluding hydrogens is 408 g/mol. The smallest absolute Gasteiger partial charge is 0.315 e. The Bertz CT molecular complexity index is 979. The SMILES string of the molecule is C=C(C)C1CCC(C)=CCCC23C(=O)OC1C2C12C=C(CCC=C(C)CCC=C(C)C1)C3O2. The van der Waals surface area contributed by atoms with Crippen molar-refractivity contribution in [1.82, 2.24) is 0 Å². The quantitative estimate of drug-likeness (QED) is 0.315. The Labute approximate surface area is 199 Å². The lowest BCUT2D eigenvalue weighted by Crippen LogP contribution is -2.49. The first-order valence-electron chi connectivity index (χ1n) is 13.0. The number of hydrogen-bond donors (Lipinski definition) is 0. The van der Waals surface area contributed by atoms with Gasteiger partial charge in [0, 0.05) is 18.3 Å². The highest BCUT2D eigenvalue weighted by atomic mass is 16.6. The number of carbonyl (C=O) groups excluding carboxylic acids is 1. The van der Waals surface area contributed by atoms with Gasteiger partial charge in [-0.05, 0) is 84.6 Å². The standard InChI is InChI=1S/C30H40O3/c1-19(2)24-15-14-21(4)12-8-16-30-26(25(24)32-28(30)31)29-17-22(5)11-6-9-20(3)10-7-13-23(18-29)27(30)33-29/h10-12,18,24-27H,1,6-9,13-17H2,2-5H3. The highest BCUT2D eigenvalue weighted by Crippen LogP contribution is 2.67. The van der Waals surface area contributed by atoms with Crippen molar-refractivity contribution < 1.29 is 14.3 Å². The second-order valence-electron chi connectivity index (χ2n) is 11.5. The van der Waals surface area contributed by atoms with E-state index in [4.69, 9.17) is 9.47 Å². The van der Waals surface area contributed by atoms with Crippen LogP contribution in [0.3, 0.4) is 0 Å². The molecule has 0 aromatic heterocycles. The third-order valence-corrected chi connectivity index (χ3v) is 9.05. The molecule has 0 aromatic rings. The van der Waals surface area contributed by atoms with Crippen molar-refractivity contribution >= 4 is 5.97 Å². The number of hydrogen-bond acceptors (Lipinski definition) is 3. The van der Waals surface area contributed by atoms with Crippen LogP contribution in [0.1, 0.15) is 85.5 Å². The van der Waals surface area contributed by atoms with Gasteiger partial charge in [-0.1, -0.05) is 53.2 Å². The number of carbonyl (C=O) groups is 1. The van der Waals surface area contributed by atoms with Crippen LogP contribution in [0.25, 0.3) is 0 Å². The van der Waals surface area contributed by atoms with E-state index in [1.54, 1.807) is 0 Å². The van der Waals surface area contributed by atoms with Gasteiger partial charge in [0.25, 0.3) is 0 Å². The number of rotatable bonds is 1. The molecule has 0 saturated carbocycles. The molecule has 178 valence electrons. The molecule has 0 aromatic carbocycles. The minimum atomic E-state index is -0.570. The summed E-state index contributed by atoms with van der Waals surface area (Å²) in [4.78, 5) is 13.9. The van der Waals surface area contributed by atoms with E-state index in [9.17, 15) is 4.79 Å². The van der Waals surface area contributed by atoms with E-state index in [1.165, 1.54) is 22.3 Å². The first-order chi connectivity index (χ1) is 15.8. The lowest BCUT2D eigenvalue weighted by atomic mass is 9.56. The Morgan fingerprint density at radius 2 is 1.70 bits per heavy atom. The summed E-state index contributed by atoms with van der Waals surface area (Å²) in [6.45, 7) is 13.2. The van der Waals surface area contributed by atoms with Gasteiger partial charge in [0.1, 0.15) is 11.5 Å². The largest absolute Gasteiger partial charge is 0.461 e. The van der Waals surface area contributed by atoms with Crippen molar-refractivity contribution in [1.29, 1.82) is 0 Å². The summed E-state index contributed by atoms with van der Waals surface area (Å²) in [5.41, 5.74) is 5.68. The van der Waals surface area contributed by atoms with E-state index >= 15 is 0 Å². The highest BCUT2D eigenvalue weighted by Gasteiger charge is 2.76. The lowest BCUT2D eigenvalue weighted by Gasteiger charge is -2.41. The van der Waals surface area contributed by atoms with Crippen molar-refractivity contribution in [3.8, 4) is 0 Å². The first kappa shape index (κ1) is 22.9. The minimum absolute atomic E-state index is 0.0189. The van der Waals surface area contributed by atoms with Gasteiger partial charge in [0.2, 0.25) is 0 Å². The zero-order valence-electron chi connectivity index (χ0n) is 20.9. The molecule has 6 unspecified atom stereocenters. The molecular formula is C30H40O3. The Morgan fingerprint density at radius 1 is 1.00 bits per heavy atom. The zero-order chi connectivity index (χ0) is 23.4. The molecule has 1 spiro atoms. The van der Waals surface area contributed by atoms with E-state index in [1.807, 2.05) is 0 Å². The molecule has 2 aliphatic carbocycles. The van der Waals surface area contributed by atoms with E-state index in [2.05, 4.69) is 58.6 Å². The molecule has 2 fully saturated rings. The molecule has 2 saturated heterocycles. The number of fused-ring (bicyclic) bond motifs is 2. The normalized spacial score (nSPS) is 40.9. The molecule has 3 nitrogen and oxygen atoms in total. The van der Waals surface area contributed by atoms with Crippen LogP contribution >= 0.6 is 0 Å². The fourth-order valence-electron chi connectivity index (χ4n) is 7.51. The van der Waals surface area contributed by atoms with Crippen molar-refractivity contribution in [2.75, 3.05) is 0 Å². The van der Waals surface area contributed by atoms with Crippen LogP contribution in [-0.4, -0.2) is 23.8 Å². The molecule has 0 N–H and O–H groups in total. The third-order valence-electron chi connectivity index (χ3n) is 9.05. The second kappa shape index (κ2) is 8.41. The fraction of sp³-hybridized carbons (Fsp3) is 0.633. The molecule has 33 heavy (non-hydrogen) atoms. The van der Waals surface area contributed by atoms with Crippen molar-refractivity contribution in [2.24, 2.45) is 17.3 Å². The summed E-state index contributed by atoms with van der Waals surface area (Å²) in [5, 5.41) is 0. The van der Waals surface area contributed by atoms with Gasteiger partial charge in [0.15, 0.2) is 0 Å². The van der Waals surface area contributed by atoms with Gasteiger partial charge in [-0.3, -0.25) is 4.79 Å². The van der Waals surface area contributed by atoms with Gasteiger partial charge in [-0.25, -0.2) is 0 Å². The topological polar surface area (TPSA) is 35.5 Å². The number of ether oxygens (including phenoxy) is 2. The zero-order valence-corrected chi connectivity index (χ0v) is 20.9. The minimum Gasteiger partial charge on any atom is -0.461 e. The van der Waals surface area contributed by atoms with Gasteiger partial charge < -0.3 is 9.47 Å². The monoisotopic (exact) mass is 448 g/mol. The van der Waals surface area contributed by atoms with Gasteiger partial charge in [0.05, 0.1) is 11.7 Å². The number of allylic oxidation sites excluding steroid dienone is 5. The molecule has 0 radical (unpaired) electrons. The predicted octanol–water partition coefficient (Wildman–Crippen LogP) is 7.16. The average Bonchev–Trinajstić information content (AvgIpc) is 3.33. The van der Waals surface area contributed by atoms with Gasteiger partial charge in [-0.2, -0.15) is 0 Å². The van der Waals surface area contributed by atoms with Crippen LogP contribution in [0, 0.1) is 17.3 Å². The maximum absolute atomic E-state index is 13.9. The van der Waals surface area contributed by atoms with Gasteiger partial charge in [-0.15, -0.1) is 0 Å². The summed E-state index contributed by atoms with van der Waals surface area (Å²) >= 11 is 0. The Morgan fingerprint density at radius 3 is 2.48 bits per heavy atom. The Balaban J connectivity index is 1.65. The number of esters is 1. The van der Waals surface area contributed by atoms with E-state index in [0.29, 0.717) is 0 Å². The molecule has 6 atom stereocenters. The van der Waals surface area contributed by atoms with Gasteiger partial charge >= 0.3 is 5.97 Å². The molecule has 0 amide bonds. The maximum Gasteiger partial charge on any atom is 0.315 e. The molecule has 5 rings (SSSR count). The first-order valence-corrected chi connectivity index (χ1v) is 13.0. The van der Waals surface area contributed by atoms with Crippen LogP contribution in [0.15, 0.2) is 58.7 Å². The summed E-state index contributed by atoms with van der Waals surface area (Å²) in [6, 6.07) is 0. The Hall–Kier alpha value is -1.87. The van der Waals surface area contributed by atoms with E-state index < -0.39 is 11.0 Å². The summed E-state index contributed by atoms with van der Waals surface area (Å²) < 4.78 is 13.4. The molecule has 5 aliphatic rings. The molecule has 3 heterocycles. The van der Waals surface area contributed by atoms with Crippen molar-refractivity contribution in [2.45, 2.75) is 103 Å². The Kier molecular flexibility index (Phi) is 5.84. The van der Waals surface area contributed by atoms with Crippen LogP contribution in [0.4, 0.5) is 0 Å². The predicted molar refractivity (Wildman–Crippen MR) is 133 cm³/mol. The van der Waals surface area contributed by atoms with Crippen LogP contribution in [0.5, 0.6) is 0 Å². The average molecular weight is 449 g/mol. The van der Waals surface area contributed by atoms with Crippen molar-refractivity contribution in [3.63, 3.8) is 0 Å².